The molecule has 2 heterocycles. The van der Waals surface area contributed by atoms with E-state index in [0.717, 1.165) is 61.5 Å². The second kappa shape index (κ2) is 8.66. The van der Waals surface area contributed by atoms with Crippen LogP contribution in [0.15, 0.2) is 18.2 Å². The summed E-state index contributed by atoms with van der Waals surface area (Å²) in [5, 5.41) is 15.5. The molecule has 7 nitrogen and oxygen atoms in total. The second-order valence-corrected chi connectivity index (χ2v) is 7.55. The number of hydrogen-bond donors (Lipinski definition) is 2. The molecule has 0 bridgehead atoms. The van der Waals surface area contributed by atoms with E-state index in [1.54, 1.807) is 6.92 Å². The number of halogens is 1. The van der Waals surface area contributed by atoms with E-state index < -0.39 is 0 Å². The van der Waals surface area contributed by atoms with Crippen LogP contribution >= 0.6 is 12.4 Å². The molecule has 8 heteroatoms. The Labute approximate surface area is 176 Å². The van der Waals surface area contributed by atoms with Gasteiger partial charge in [0, 0.05) is 37.3 Å². The number of benzene rings is 1. The number of carbonyl (C=O) groups excluding carboxylic acids is 1. The number of carbonyl (C=O) groups is 1. The number of nitrogens with one attached hydrogen (secondary N) is 2. The van der Waals surface area contributed by atoms with Crippen molar-refractivity contribution in [2.45, 2.75) is 45.6 Å². The normalized spacial score (nSPS) is 17.3. The van der Waals surface area contributed by atoms with Crippen LogP contribution in [0.25, 0.3) is 0 Å². The van der Waals surface area contributed by atoms with E-state index in [4.69, 9.17) is 9.97 Å². The van der Waals surface area contributed by atoms with E-state index >= 15 is 0 Å². The summed E-state index contributed by atoms with van der Waals surface area (Å²) >= 11 is 0. The van der Waals surface area contributed by atoms with Crippen molar-refractivity contribution >= 4 is 35.8 Å². The Kier molecular flexibility index (Phi) is 6.23. The molecule has 0 radical (unpaired) electrons. The first kappa shape index (κ1) is 20.9. The van der Waals surface area contributed by atoms with Gasteiger partial charge < -0.3 is 15.5 Å². The van der Waals surface area contributed by atoms with Gasteiger partial charge in [-0.2, -0.15) is 10.2 Å². The molecule has 2 N–H and O–H groups in total. The van der Waals surface area contributed by atoms with Gasteiger partial charge in [0.05, 0.1) is 17.3 Å². The highest BCUT2D eigenvalue weighted by molar-refractivity contribution is 5.85. The highest BCUT2D eigenvalue weighted by atomic mass is 35.5. The van der Waals surface area contributed by atoms with Crippen LogP contribution in [-0.4, -0.2) is 35.0 Å². The standard InChI is InChI=1S/C21H24N6O.ClH/c1-13-6-7-16(10-15(13)11-22)24-21-25-19-5-3-4-18(19)20(26-21)27-9-8-17(12-27)23-14(2)28;/h6-7,10,17H,3-5,8-9,12H2,1-2H3,(H,23,28)(H,24,25,26);1H. The van der Waals surface area contributed by atoms with Crippen LogP contribution < -0.4 is 15.5 Å². The molecule has 1 amide bonds. The van der Waals surface area contributed by atoms with Crippen LogP contribution in [0.4, 0.5) is 17.5 Å². The Hall–Kier alpha value is -2.85. The smallest absolute Gasteiger partial charge is 0.229 e. The maximum atomic E-state index is 11.4. The lowest BCUT2D eigenvalue weighted by atomic mass is 10.1. The minimum atomic E-state index is 0. The molecule has 0 spiro atoms. The molecule has 152 valence electrons. The molecule has 2 aliphatic rings. The van der Waals surface area contributed by atoms with E-state index in [1.807, 2.05) is 25.1 Å². The molecule has 1 aliphatic heterocycles. The average Bonchev–Trinajstić information content (AvgIpc) is 3.31. The number of rotatable bonds is 4. The van der Waals surface area contributed by atoms with Gasteiger partial charge in [-0.3, -0.25) is 4.79 Å². The maximum absolute atomic E-state index is 11.4. The Balaban J connectivity index is 0.00000240. The molecule has 1 aliphatic carbocycles. The van der Waals surface area contributed by atoms with Crippen molar-refractivity contribution in [2.75, 3.05) is 23.3 Å². The van der Waals surface area contributed by atoms with E-state index in [9.17, 15) is 10.1 Å². The first-order valence-electron chi connectivity index (χ1n) is 9.73. The van der Waals surface area contributed by atoms with Gasteiger partial charge >= 0.3 is 0 Å². The lowest BCUT2D eigenvalue weighted by Gasteiger charge is -2.21. The third-order valence-corrected chi connectivity index (χ3v) is 5.42. The van der Waals surface area contributed by atoms with Gasteiger partial charge in [-0.25, -0.2) is 4.98 Å². The molecule has 1 unspecified atom stereocenters. The van der Waals surface area contributed by atoms with Gasteiger partial charge in [0.2, 0.25) is 11.9 Å². The lowest BCUT2D eigenvalue weighted by molar-refractivity contribution is -0.119. The highest BCUT2D eigenvalue weighted by Crippen LogP contribution is 2.32. The fourth-order valence-corrected chi connectivity index (χ4v) is 4.04. The summed E-state index contributed by atoms with van der Waals surface area (Å²) in [6.07, 6.45) is 3.96. The molecular formula is C21H25ClN6O. The molecule has 1 saturated heterocycles. The first-order valence-corrected chi connectivity index (χ1v) is 9.73. The van der Waals surface area contributed by atoms with Crippen molar-refractivity contribution in [3.05, 3.63) is 40.6 Å². The number of anilines is 3. The van der Waals surface area contributed by atoms with Gasteiger partial charge in [-0.1, -0.05) is 6.07 Å². The fraction of sp³-hybridized carbons (Fsp3) is 0.429. The van der Waals surface area contributed by atoms with Crippen LogP contribution in [0.5, 0.6) is 0 Å². The number of fused-ring (bicyclic) bond motifs is 1. The minimum absolute atomic E-state index is 0. The first-order chi connectivity index (χ1) is 13.5. The van der Waals surface area contributed by atoms with E-state index in [-0.39, 0.29) is 24.4 Å². The molecule has 0 saturated carbocycles. The molecule has 2 aromatic rings. The van der Waals surface area contributed by atoms with E-state index in [2.05, 4.69) is 21.6 Å². The predicted octanol–water partition coefficient (Wildman–Crippen LogP) is 3.03. The van der Waals surface area contributed by atoms with E-state index in [0.29, 0.717) is 11.5 Å². The Morgan fingerprint density at radius 3 is 2.90 bits per heavy atom. The van der Waals surface area contributed by atoms with Crippen LogP contribution in [0.2, 0.25) is 0 Å². The zero-order valence-corrected chi connectivity index (χ0v) is 17.5. The second-order valence-electron chi connectivity index (χ2n) is 7.55. The van der Waals surface area contributed by atoms with E-state index in [1.165, 1.54) is 5.56 Å². The topological polar surface area (TPSA) is 93.9 Å². The fourth-order valence-electron chi connectivity index (χ4n) is 4.04. The largest absolute Gasteiger partial charge is 0.354 e. The van der Waals surface area contributed by atoms with Crippen molar-refractivity contribution in [3.63, 3.8) is 0 Å². The summed E-state index contributed by atoms with van der Waals surface area (Å²) in [6.45, 7) is 5.12. The summed E-state index contributed by atoms with van der Waals surface area (Å²) in [6, 6.07) is 8.07. The van der Waals surface area contributed by atoms with Crippen molar-refractivity contribution in [2.24, 2.45) is 0 Å². The summed E-state index contributed by atoms with van der Waals surface area (Å²) < 4.78 is 0. The van der Waals surface area contributed by atoms with Crippen molar-refractivity contribution in [1.29, 1.82) is 5.26 Å². The van der Waals surface area contributed by atoms with Crippen LogP contribution in [-0.2, 0) is 17.6 Å². The molecule has 1 fully saturated rings. The van der Waals surface area contributed by atoms with Crippen molar-refractivity contribution in [3.8, 4) is 6.07 Å². The summed E-state index contributed by atoms with van der Waals surface area (Å²) in [5.74, 6) is 1.55. The maximum Gasteiger partial charge on any atom is 0.229 e. The summed E-state index contributed by atoms with van der Waals surface area (Å²) in [5.41, 5.74) is 4.73. The van der Waals surface area contributed by atoms with Crippen LogP contribution in [0, 0.1) is 18.3 Å². The van der Waals surface area contributed by atoms with Crippen LogP contribution in [0.3, 0.4) is 0 Å². The van der Waals surface area contributed by atoms with Crippen molar-refractivity contribution < 1.29 is 4.79 Å². The molecular weight excluding hydrogens is 388 g/mol. The number of nitrogens with zero attached hydrogens (tertiary/aromatic N) is 4. The SMILES string of the molecule is CC(=O)NC1CCN(c2nc(Nc3ccc(C)c(C#N)c3)nc3c2CCC3)C1.Cl. The highest BCUT2D eigenvalue weighted by Gasteiger charge is 2.29. The van der Waals surface area contributed by atoms with Gasteiger partial charge in [-0.05, 0) is 50.3 Å². The van der Waals surface area contributed by atoms with Gasteiger partial charge in [0.25, 0.3) is 0 Å². The van der Waals surface area contributed by atoms with Gasteiger partial charge in [-0.15, -0.1) is 12.4 Å². The monoisotopic (exact) mass is 412 g/mol. The van der Waals surface area contributed by atoms with Gasteiger partial charge in [0.15, 0.2) is 0 Å². The lowest BCUT2D eigenvalue weighted by Crippen LogP contribution is -2.36. The number of aryl methyl sites for hydroxylation is 2. The molecule has 1 aromatic heterocycles. The Morgan fingerprint density at radius 2 is 2.14 bits per heavy atom. The third kappa shape index (κ3) is 4.43. The number of amides is 1. The zero-order chi connectivity index (χ0) is 19.7. The number of aromatic nitrogens is 2. The van der Waals surface area contributed by atoms with Gasteiger partial charge in [0.1, 0.15) is 5.82 Å². The zero-order valence-electron chi connectivity index (χ0n) is 16.7. The molecule has 1 aromatic carbocycles. The minimum Gasteiger partial charge on any atom is -0.354 e. The summed E-state index contributed by atoms with van der Waals surface area (Å²) in [4.78, 5) is 23.2. The predicted molar refractivity (Wildman–Crippen MR) is 115 cm³/mol. The molecule has 4 rings (SSSR count). The van der Waals surface area contributed by atoms with Crippen molar-refractivity contribution in [1.82, 2.24) is 15.3 Å². The third-order valence-electron chi connectivity index (χ3n) is 5.42. The summed E-state index contributed by atoms with van der Waals surface area (Å²) in [7, 11) is 0. The molecule has 1 atom stereocenters. The van der Waals surface area contributed by atoms with Crippen LogP contribution in [0.1, 0.15) is 42.1 Å². The number of nitriles is 1. The Morgan fingerprint density at radius 1 is 1.31 bits per heavy atom. The average molecular weight is 413 g/mol. The Bertz CT molecular complexity index is 970. The molecule has 29 heavy (non-hydrogen) atoms. The number of hydrogen-bond acceptors (Lipinski definition) is 6. The quantitative estimate of drug-likeness (QED) is 0.801.